The predicted octanol–water partition coefficient (Wildman–Crippen LogP) is 5.30. The summed E-state index contributed by atoms with van der Waals surface area (Å²) in [5.74, 6) is 0.613. The second-order valence-corrected chi connectivity index (χ2v) is 11.7. The summed E-state index contributed by atoms with van der Waals surface area (Å²) in [6.07, 6.45) is 8.14. The van der Waals surface area contributed by atoms with Gasteiger partial charge >= 0.3 is 0 Å². The highest BCUT2D eigenvalue weighted by Gasteiger charge is 2.76. The quantitative estimate of drug-likeness (QED) is 0.568. The van der Waals surface area contributed by atoms with Crippen LogP contribution in [0, 0.1) is 23.2 Å². The number of fused-ring (bicyclic) bond motifs is 3. The molecule has 3 aliphatic heterocycles. The third-order valence-electron chi connectivity index (χ3n) is 8.70. The molecule has 0 spiro atoms. The highest BCUT2D eigenvalue weighted by molar-refractivity contribution is 5.86. The summed E-state index contributed by atoms with van der Waals surface area (Å²) < 4.78 is 19.4. The van der Waals surface area contributed by atoms with Crippen LogP contribution in [0.25, 0.3) is 0 Å². The number of hydrogen-bond donors (Lipinski definition) is 0. The Morgan fingerprint density at radius 2 is 2.00 bits per heavy atom. The summed E-state index contributed by atoms with van der Waals surface area (Å²) in [6, 6.07) is 10.2. The van der Waals surface area contributed by atoms with Crippen molar-refractivity contribution < 1.29 is 19.0 Å². The van der Waals surface area contributed by atoms with E-state index >= 15 is 0 Å². The number of allylic oxidation sites excluding steroid dienone is 2. The Balaban J connectivity index is 1.47. The van der Waals surface area contributed by atoms with Crippen LogP contribution in [0.15, 0.2) is 42.5 Å². The Hall–Kier alpha value is -1.69. The first-order valence-electron chi connectivity index (χ1n) is 12.6. The summed E-state index contributed by atoms with van der Waals surface area (Å²) in [7, 11) is 0. The number of ether oxygens (including phenoxy) is 3. The molecule has 0 saturated carbocycles. The topological polar surface area (TPSA) is 48.0 Å². The fraction of sp³-hybridized carbons (Fsp3) is 0.679. The minimum absolute atomic E-state index is 0.169. The van der Waals surface area contributed by atoms with E-state index in [0.29, 0.717) is 25.6 Å². The van der Waals surface area contributed by atoms with Crippen LogP contribution in [0.1, 0.15) is 65.9 Å². The first-order valence-corrected chi connectivity index (χ1v) is 12.6. The molecule has 180 valence electrons. The number of benzene rings is 1. The Morgan fingerprint density at radius 3 is 2.67 bits per heavy atom. The molecule has 33 heavy (non-hydrogen) atoms. The van der Waals surface area contributed by atoms with Gasteiger partial charge in [-0.25, -0.2) is 0 Å². The Bertz CT molecular complexity index is 908. The monoisotopic (exact) mass is 453 g/mol. The average molecular weight is 454 g/mol. The molecule has 5 heteroatoms. The number of carbonyl (C=O) groups is 1. The van der Waals surface area contributed by atoms with Gasteiger partial charge in [-0.2, -0.15) is 0 Å². The molecule has 0 N–H and O–H groups in total. The number of hydrogen-bond acceptors (Lipinski definition) is 4. The van der Waals surface area contributed by atoms with Gasteiger partial charge in [0.1, 0.15) is 17.4 Å². The van der Waals surface area contributed by atoms with Crippen LogP contribution in [0.3, 0.4) is 0 Å². The van der Waals surface area contributed by atoms with Gasteiger partial charge in [0.05, 0.1) is 19.1 Å². The summed E-state index contributed by atoms with van der Waals surface area (Å²) in [4.78, 5) is 16.1. The van der Waals surface area contributed by atoms with Crippen LogP contribution >= 0.6 is 0 Å². The van der Waals surface area contributed by atoms with Crippen LogP contribution < -0.4 is 0 Å². The van der Waals surface area contributed by atoms with E-state index in [1.54, 1.807) is 0 Å². The Morgan fingerprint density at radius 1 is 1.24 bits per heavy atom. The van der Waals surface area contributed by atoms with Crippen LogP contribution in [-0.4, -0.2) is 41.1 Å². The standard InChI is InChI=1S/C28H39NO4/c1-19(21-14-10-7-11-15-21)28-18-32-25(26(2,3)4)29(28)24(30)22-16-23(33-27(22,28)5)31-17-20-12-8-6-9-13-20/h6,8-10,12-14,19,21-23,25H,7,11,15-18H2,1-5H3/t19-,21+,22-,23?,25-,27-,28+/m0/s1. The van der Waals surface area contributed by atoms with Crippen LogP contribution in [0.4, 0.5) is 0 Å². The predicted molar refractivity (Wildman–Crippen MR) is 127 cm³/mol. The van der Waals surface area contributed by atoms with Gasteiger partial charge in [0.15, 0.2) is 6.29 Å². The molecule has 5 rings (SSSR count). The Kier molecular flexibility index (Phi) is 5.74. The van der Waals surface area contributed by atoms with Crippen molar-refractivity contribution in [3.05, 3.63) is 48.0 Å². The van der Waals surface area contributed by atoms with Crippen molar-refractivity contribution in [3.63, 3.8) is 0 Å². The maximum absolute atomic E-state index is 14.0. The third kappa shape index (κ3) is 3.50. The molecule has 1 aliphatic carbocycles. The third-order valence-corrected chi connectivity index (χ3v) is 8.70. The van der Waals surface area contributed by atoms with Crippen molar-refractivity contribution in [1.29, 1.82) is 0 Å². The summed E-state index contributed by atoms with van der Waals surface area (Å²) in [5, 5.41) is 0. The molecule has 1 unspecified atom stereocenters. The fourth-order valence-electron chi connectivity index (χ4n) is 6.90. The van der Waals surface area contributed by atoms with Gasteiger partial charge in [-0.15, -0.1) is 0 Å². The summed E-state index contributed by atoms with van der Waals surface area (Å²) in [5.41, 5.74) is -0.193. The molecule has 0 aromatic heterocycles. The van der Waals surface area contributed by atoms with Crippen molar-refractivity contribution in [2.75, 3.05) is 6.61 Å². The van der Waals surface area contributed by atoms with Crippen molar-refractivity contribution >= 4 is 5.91 Å². The number of rotatable bonds is 5. The van der Waals surface area contributed by atoms with Gasteiger partial charge in [0, 0.05) is 11.8 Å². The van der Waals surface area contributed by atoms with Crippen LogP contribution in [0.2, 0.25) is 0 Å². The second-order valence-electron chi connectivity index (χ2n) is 11.7. The van der Waals surface area contributed by atoms with Crippen molar-refractivity contribution in [1.82, 2.24) is 4.90 Å². The zero-order valence-corrected chi connectivity index (χ0v) is 20.8. The number of carbonyl (C=O) groups excluding carboxylic acids is 1. The molecular weight excluding hydrogens is 414 g/mol. The highest BCUT2D eigenvalue weighted by atomic mass is 16.7. The van der Waals surface area contributed by atoms with Gasteiger partial charge in [0.25, 0.3) is 0 Å². The molecule has 4 aliphatic rings. The lowest BCUT2D eigenvalue weighted by Crippen LogP contribution is -2.64. The van der Waals surface area contributed by atoms with E-state index in [2.05, 4.69) is 63.8 Å². The highest BCUT2D eigenvalue weighted by Crippen LogP contribution is 2.61. The zero-order chi connectivity index (χ0) is 23.4. The number of nitrogens with zero attached hydrogens (tertiary/aromatic N) is 1. The summed E-state index contributed by atoms with van der Waals surface area (Å²) in [6.45, 7) is 12.0. The lowest BCUT2D eigenvalue weighted by atomic mass is 9.65. The van der Waals surface area contributed by atoms with E-state index in [4.69, 9.17) is 14.2 Å². The molecule has 1 aromatic carbocycles. The zero-order valence-electron chi connectivity index (χ0n) is 20.8. The molecule has 7 atom stereocenters. The Labute approximate surface area is 198 Å². The van der Waals surface area contributed by atoms with E-state index in [1.165, 1.54) is 6.42 Å². The molecule has 3 saturated heterocycles. The molecule has 0 radical (unpaired) electrons. The van der Waals surface area contributed by atoms with Gasteiger partial charge in [-0.3, -0.25) is 4.79 Å². The van der Waals surface area contributed by atoms with E-state index in [9.17, 15) is 4.79 Å². The first-order chi connectivity index (χ1) is 15.7. The molecule has 5 nitrogen and oxygen atoms in total. The molecule has 0 bridgehead atoms. The largest absolute Gasteiger partial charge is 0.355 e. The normalized spacial score (nSPS) is 39.1. The average Bonchev–Trinajstić information content (AvgIpc) is 3.42. The molecular formula is C28H39NO4. The van der Waals surface area contributed by atoms with E-state index < -0.39 is 11.1 Å². The van der Waals surface area contributed by atoms with E-state index in [0.717, 1.165) is 18.4 Å². The minimum Gasteiger partial charge on any atom is -0.355 e. The first kappa shape index (κ1) is 23.1. The summed E-state index contributed by atoms with van der Waals surface area (Å²) >= 11 is 0. The van der Waals surface area contributed by atoms with E-state index in [-0.39, 0.29) is 35.7 Å². The SMILES string of the molecule is C[C@@H]([C@@H]1C=CCCC1)[C@@]12CO[C@@H](C(C)(C)C)N1C(=O)[C@@H]1CC(OCc3ccccc3)O[C@@]12C. The van der Waals surface area contributed by atoms with Gasteiger partial charge in [-0.05, 0) is 43.6 Å². The fourth-order valence-corrected chi connectivity index (χ4v) is 6.90. The lowest BCUT2D eigenvalue weighted by molar-refractivity contribution is -0.207. The minimum atomic E-state index is -0.643. The molecule has 3 heterocycles. The van der Waals surface area contributed by atoms with E-state index in [1.807, 2.05) is 18.2 Å². The van der Waals surface area contributed by atoms with Crippen molar-refractivity contribution in [2.24, 2.45) is 23.2 Å². The molecule has 1 aromatic rings. The lowest BCUT2D eigenvalue weighted by Gasteiger charge is -2.50. The van der Waals surface area contributed by atoms with Gasteiger partial charge in [-0.1, -0.05) is 70.2 Å². The molecule has 3 fully saturated rings. The van der Waals surface area contributed by atoms with Gasteiger partial charge in [0.2, 0.25) is 5.91 Å². The van der Waals surface area contributed by atoms with Crippen molar-refractivity contribution in [2.45, 2.75) is 90.6 Å². The number of amides is 1. The smallest absolute Gasteiger partial charge is 0.231 e. The second kappa shape index (κ2) is 8.21. The van der Waals surface area contributed by atoms with Gasteiger partial charge < -0.3 is 19.1 Å². The maximum Gasteiger partial charge on any atom is 0.231 e. The van der Waals surface area contributed by atoms with Crippen LogP contribution in [-0.2, 0) is 25.6 Å². The maximum atomic E-state index is 14.0. The van der Waals surface area contributed by atoms with Crippen LogP contribution in [0.5, 0.6) is 0 Å². The van der Waals surface area contributed by atoms with Crippen molar-refractivity contribution in [3.8, 4) is 0 Å². The molecule has 1 amide bonds.